The van der Waals surface area contributed by atoms with Crippen LogP contribution in [-0.2, 0) is 16.9 Å². The zero-order valence-electron chi connectivity index (χ0n) is 16.1. The number of carbonyl (C=O) groups is 2. The number of rotatable bonds is 7. The second kappa shape index (κ2) is 7.94. The Labute approximate surface area is 166 Å². The van der Waals surface area contributed by atoms with E-state index < -0.39 is 24.1 Å². The van der Waals surface area contributed by atoms with Crippen molar-refractivity contribution in [3.8, 4) is 17.2 Å². The Balaban J connectivity index is 1.86. The molecule has 2 aromatic carbocycles. The molecule has 0 spiro atoms. The monoisotopic (exact) mass is 406 g/mol. The van der Waals surface area contributed by atoms with E-state index in [1.807, 2.05) is 0 Å². The molecule has 1 heterocycles. The van der Waals surface area contributed by atoms with Gasteiger partial charge in [0, 0.05) is 5.56 Å². The van der Waals surface area contributed by atoms with Crippen molar-refractivity contribution in [1.29, 1.82) is 0 Å². The third kappa shape index (κ3) is 3.94. The van der Waals surface area contributed by atoms with E-state index >= 15 is 0 Å². The van der Waals surface area contributed by atoms with Crippen molar-refractivity contribution in [3.05, 3.63) is 53.6 Å². The highest BCUT2D eigenvalue weighted by Gasteiger charge is 2.49. The molecule has 0 bridgehead atoms. The van der Waals surface area contributed by atoms with Crippen LogP contribution in [0.4, 0.5) is 13.6 Å². The van der Waals surface area contributed by atoms with Crippen molar-refractivity contribution in [2.24, 2.45) is 0 Å². The summed E-state index contributed by atoms with van der Waals surface area (Å²) in [6.45, 7) is -1.41. The van der Waals surface area contributed by atoms with Crippen molar-refractivity contribution in [1.82, 2.24) is 10.2 Å². The number of methoxy groups -OCH3 is 2. The van der Waals surface area contributed by atoms with Gasteiger partial charge in [0.15, 0.2) is 0 Å². The molecule has 1 saturated heterocycles. The maximum Gasteiger partial charge on any atom is 0.387 e. The normalized spacial score (nSPS) is 18.8. The summed E-state index contributed by atoms with van der Waals surface area (Å²) < 4.78 is 39.5. The van der Waals surface area contributed by atoms with Gasteiger partial charge in [0.1, 0.15) is 22.8 Å². The number of halogens is 2. The van der Waals surface area contributed by atoms with Gasteiger partial charge in [-0.3, -0.25) is 9.69 Å². The fourth-order valence-corrected chi connectivity index (χ4v) is 3.18. The van der Waals surface area contributed by atoms with Gasteiger partial charge >= 0.3 is 12.6 Å². The van der Waals surface area contributed by atoms with Crippen LogP contribution in [-0.4, -0.2) is 37.7 Å². The van der Waals surface area contributed by atoms with Crippen LogP contribution in [0.1, 0.15) is 18.1 Å². The molecule has 3 rings (SSSR count). The second-order valence-electron chi connectivity index (χ2n) is 6.53. The minimum absolute atomic E-state index is 0.0206. The van der Waals surface area contributed by atoms with Crippen LogP contribution < -0.4 is 19.5 Å². The molecule has 0 aromatic heterocycles. The lowest BCUT2D eigenvalue weighted by Crippen LogP contribution is -2.40. The number of ether oxygens (including phenoxy) is 3. The summed E-state index contributed by atoms with van der Waals surface area (Å²) in [7, 11) is 3.00. The highest BCUT2D eigenvalue weighted by Crippen LogP contribution is 2.33. The molecule has 0 radical (unpaired) electrons. The average Bonchev–Trinajstić information content (AvgIpc) is 2.92. The van der Waals surface area contributed by atoms with Gasteiger partial charge in [-0.25, -0.2) is 4.79 Å². The maximum absolute atomic E-state index is 13.1. The topological polar surface area (TPSA) is 77.1 Å². The molecule has 1 fully saturated rings. The van der Waals surface area contributed by atoms with E-state index in [2.05, 4.69) is 10.1 Å². The zero-order valence-corrected chi connectivity index (χ0v) is 16.1. The molecular weight excluding hydrogens is 386 g/mol. The fraction of sp³-hybridized carbons (Fsp3) is 0.300. The van der Waals surface area contributed by atoms with Gasteiger partial charge in [0.05, 0.1) is 20.8 Å². The largest absolute Gasteiger partial charge is 0.497 e. The summed E-state index contributed by atoms with van der Waals surface area (Å²) in [6.07, 6.45) is 0. The Hall–Kier alpha value is -3.36. The minimum Gasteiger partial charge on any atom is -0.497 e. The molecule has 154 valence electrons. The number of hydrogen-bond acceptors (Lipinski definition) is 5. The maximum atomic E-state index is 13.1. The number of nitrogens with one attached hydrogen (secondary N) is 1. The van der Waals surface area contributed by atoms with Crippen molar-refractivity contribution < 1.29 is 32.6 Å². The number of hydrogen-bond donors (Lipinski definition) is 1. The number of carbonyl (C=O) groups excluding carboxylic acids is 2. The van der Waals surface area contributed by atoms with Crippen LogP contribution in [0.25, 0.3) is 0 Å². The van der Waals surface area contributed by atoms with Crippen molar-refractivity contribution in [3.63, 3.8) is 0 Å². The quantitative estimate of drug-likeness (QED) is 0.715. The Morgan fingerprint density at radius 2 is 1.69 bits per heavy atom. The van der Waals surface area contributed by atoms with Gasteiger partial charge in [-0.15, -0.1) is 0 Å². The standard InChI is InChI=1S/C20H20F2N2O5/c1-20(13-4-6-14(7-5-13)29-18(21)22)17(25)24(19(26)23-20)11-12-10-15(27-2)8-9-16(12)28-3/h4-10,18H,11H2,1-3H3,(H,23,26)/t20-/m0/s1. The van der Waals surface area contributed by atoms with Crippen LogP contribution >= 0.6 is 0 Å². The van der Waals surface area contributed by atoms with Crippen LogP contribution in [0.3, 0.4) is 0 Å². The lowest BCUT2D eigenvalue weighted by Gasteiger charge is -2.23. The Bertz CT molecular complexity index is 920. The van der Waals surface area contributed by atoms with E-state index in [0.29, 0.717) is 22.6 Å². The van der Waals surface area contributed by atoms with E-state index in [4.69, 9.17) is 9.47 Å². The lowest BCUT2D eigenvalue weighted by atomic mass is 9.92. The minimum atomic E-state index is -2.95. The second-order valence-corrected chi connectivity index (χ2v) is 6.53. The van der Waals surface area contributed by atoms with E-state index in [9.17, 15) is 18.4 Å². The summed E-state index contributed by atoms with van der Waals surface area (Å²) >= 11 is 0. The summed E-state index contributed by atoms with van der Waals surface area (Å²) in [5.41, 5.74) is -0.301. The highest BCUT2D eigenvalue weighted by molar-refractivity contribution is 6.07. The number of imide groups is 1. The molecule has 9 heteroatoms. The third-order valence-electron chi connectivity index (χ3n) is 4.75. The number of alkyl halides is 2. The number of nitrogens with zero attached hydrogens (tertiary/aromatic N) is 1. The van der Waals surface area contributed by atoms with E-state index in [-0.39, 0.29) is 12.3 Å². The van der Waals surface area contributed by atoms with E-state index in [1.165, 1.54) is 38.5 Å². The first-order valence-electron chi connectivity index (χ1n) is 8.69. The SMILES string of the molecule is COc1ccc(OC)c(CN2C(=O)N[C@@](C)(c3ccc(OC(F)F)cc3)C2=O)c1. The predicted molar refractivity (Wildman–Crippen MR) is 99.1 cm³/mol. The fourth-order valence-electron chi connectivity index (χ4n) is 3.18. The molecule has 0 saturated carbocycles. The number of benzene rings is 2. The highest BCUT2D eigenvalue weighted by atomic mass is 19.3. The van der Waals surface area contributed by atoms with Crippen molar-refractivity contribution in [2.75, 3.05) is 14.2 Å². The summed E-state index contributed by atoms with van der Waals surface area (Å²) in [5.74, 6) is 0.552. The van der Waals surface area contributed by atoms with Gasteiger partial charge in [0.2, 0.25) is 0 Å². The van der Waals surface area contributed by atoms with Crippen LogP contribution in [0, 0.1) is 0 Å². The molecule has 3 amide bonds. The van der Waals surface area contributed by atoms with Gasteiger partial charge in [-0.05, 0) is 42.8 Å². The molecular formula is C20H20F2N2O5. The van der Waals surface area contributed by atoms with Gasteiger partial charge in [-0.2, -0.15) is 8.78 Å². The van der Waals surface area contributed by atoms with Gasteiger partial charge in [0.25, 0.3) is 5.91 Å². The van der Waals surface area contributed by atoms with Crippen LogP contribution in [0.15, 0.2) is 42.5 Å². The molecule has 29 heavy (non-hydrogen) atoms. The van der Waals surface area contributed by atoms with E-state index in [0.717, 1.165) is 4.90 Å². The Morgan fingerprint density at radius 3 is 2.28 bits per heavy atom. The molecule has 1 atom stereocenters. The van der Waals surface area contributed by atoms with Crippen LogP contribution in [0.5, 0.6) is 17.2 Å². The van der Waals surface area contributed by atoms with Crippen molar-refractivity contribution in [2.45, 2.75) is 25.6 Å². The Kier molecular flexibility index (Phi) is 5.58. The summed E-state index contributed by atoms with van der Waals surface area (Å²) in [5, 5.41) is 2.67. The Morgan fingerprint density at radius 1 is 1.03 bits per heavy atom. The third-order valence-corrected chi connectivity index (χ3v) is 4.75. The first-order valence-corrected chi connectivity index (χ1v) is 8.69. The lowest BCUT2D eigenvalue weighted by molar-refractivity contribution is -0.131. The number of amides is 3. The molecule has 7 nitrogen and oxygen atoms in total. The smallest absolute Gasteiger partial charge is 0.387 e. The van der Waals surface area contributed by atoms with Crippen LogP contribution in [0.2, 0.25) is 0 Å². The molecule has 0 aliphatic carbocycles. The molecule has 1 aliphatic rings. The molecule has 1 aliphatic heterocycles. The van der Waals surface area contributed by atoms with Crippen molar-refractivity contribution >= 4 is 11.9 Å². The first kappa shape index (κ1) is 20.4. The predicted octanol–water partition coefficient (Wildman–Crippen LogP) is 3.27. The van der Waals surface area contributed by atoms with Gasteiger partial charge < -0.3 is 19.5 Å². The first-order chi connectivity index (χ1) is 13.8. The molecule has 0 unspecified atom stereocenters. The van der Waals surface area contributed by atoms with E-state index in [1.54, 1.807) is 25.1 Å². The average molecular weight is 406 g/mol. The molecule has 2 aromatic rings. The summed E-state index contributed by atoms with van der Waals surface area (Å²) in [4.78, 5) is 26.7. The van der Waals surface area contributed by atoms with Gasteiger partial charge in [-0.1, -0.05) is 12.1 Å². The summed E-state index contributed by atoms with van der Waals surface area (Å²) in [6, 6.07) is 10.1. The zero-order chi connectivity index (χ0) is 21.2. The number of urea groups is 1. The molecule has 1 N–H and O–H groups in total.